The molecular weight excluding hydrogens is 592 g/mol. The van der Waals surface area contributed by atoms with Gasteiger partial charge in [0.25, 0.3) is 0 Å². The van der Waals surface area contributed by atoms with Crippen LogP contribution in [0.4, 0.5) is 0 Å². The van der Waals surface area contributed by atoms with Crippen LogP contribution in [0.25, 0.3) is 0 Å². The fourth-order valence-corrected chi connectivity index (χ4v) is 6.05. The van der Waals surface area contributed by atoms with E-state index < -0.39 is 9.84 Å². The second-order valence-electron chi connectivity index (χ2n) is 9.01. The second kappa shape index (κ2) is 14.8. The molecule has 216 valence electrons. The molecule has 1 saturated heterocycles. The van der Waals surface area contributed by atoms with E-state index in [1.165, 1.54) is 0 Å². The molecular formula is C28H37BrO9S. The van der Waals surface area contributed by atoms with E-state index in [1.807, 2.05) is 19.1 Å². The molecule has 39 heavy (non-hydrogen) atoms. The van der Waals surface area contributed by atoms with Crippen LogP contribution in [-0.4, -0.2) is 60.3 Å². The van der Waals surface area contributed by atoms with Gasteiger partial charge in [-0.25, -0.2) is 8.42 Å². The van der Waals surface area contributed by atoms with Crippen molar-refractivity contribution in [1.29, 1.82) is 0 Å². The highest BCUT2D eigenvalue weighted by molar-refractivity contribution is 9.09. The van der Waals surface area contributed by atoms with E-state index in [9.17, 15) is 13.2 Å². The maximum absolute atomic E-state index is 13.3. The van der Waals surface area contributed by atoms with Crippen LogP contribution in [0.2, 0.25) is 0 Å². The summed E-state index contributed by atoms with van der Waals surface area (Å²) in [6, 6.07) is 7.13. The van der Waals surface area contributed by atoms with Crippen molar-refractivity contribution >= 4 is 32.1 Å². The number of carbonyl (C=O) groups is 1. The third-order valence-corrected chi connectivity index (χ3v) is 8.63. The van der Waals surface area contributed by atoms with Crippen molar-refractivity contribution in [3.8, 4) is 28.7 Å². The van der Waals surface area contributed by atoms with E-state index >= 15 is 0 Å². The molecule has 3 rings (SSSR count). The van der Waals surface area contributed by atoms with E-state index in [-0.39, 0.29) is 35.0 Å². The van der Waals surface area contributed by atoms with Crippen LogP contribution in [0.15, 0.2) is 29.2 Å². The van der Waals surface area contributed by atoms with Crippen molar-refractivity contribution in [2.75, 3.05) is 45.6 Å². The topological polar surface area (TPSA) is 107 Å². The number of methoxy groups -OCH3 is 3. The molecule has 1 heterocycles. The summed E-state index contributed by atoms with van der Waals surface area (Å²) in [6.45, 7) is 2.65. The first-order valence-corrected chi connectivity index (χ1v) is 15.7. The average Bonchev–Trinajstić information content (AvgIpc) is 3.44. The first-order chi connectivity index (χ1) is 18.8. The van der Waals surface area contributed by atoms with Gasteiger partial charge in [0.2, 0.25) is 5.75 Å². The van der Waals surface area contributed by atoms with E-state index in [2.05, 4.69) is 15.9 Å². The second-order valence-corrected chi connectivity index (χ2v) is 11.9. The lowest BCUT2D eigenvalue weighted by molar-refractivity contribution is -0.107. The van der Waals surface area contributed by atoms with Crippen molar-refractivity contribution in [2.24, 2.45) is 0 Å². The molecule has 9 nitrogen and oxygen atoms in total. The highest BCUT2D eigenvalue weighted by atomic mass is 79.9. The fourth-order valence-electron chi connectivity index (χ4n) is 4.43. The lowest BCUT2D eigenvalue weighted by Gasteiger charge is -2.21. The first kappa shape index (κ1) is 31.0. The average molecular weight is 630 g/mol. The van der Waals surface area contributed by atoms with Crippen LogP contribution >= 0.6 is 15.9 Å². The molecule has 0 aliphatic carbocycles. The Morgan fingerprint density at radius 2 is 1.51 bits per heavy atom. The number of halogens is 1. The van der Waals surface area contributed by atoms with E-state index in [0.29, 0.717) is 67.3 Å². The molecule has 2 aromatic rings. The minimum absolute atomic E-state index is 0.0176. The van der Waals surface area contributed by atoms with Crippen LogP contribution in [0.5, 0.6) is 28.7 Å². The van der Waals surface area contributed by atoms with Crippen molar-refractivity contribution in [1.82, 2.24) is 0 Å². The van der Waals surface area contributed by atoms with Crippen molar-refractivity contribution in [3.05, 3.63) is 35.4 Å². The Labute approximate surface area is 239 Å². The number of benzene rings is 2. The van der Waals surface area contributed by atoms with Gasteiger partial charge in [0.15, 0.2) is 32.8 Å². The van der Waals surface area contributed by atoms with Gasteiger partial charge in [-0.3, -0.25) is 0 Å². The summed E-state index contributed by atoms with van der Waals surface area (Å²) in [5.74, 6) is 1.77. The Bertz CT molecular complexity index is 1190. The van der Waals surface area contributed by atoms with Crippen LogP contribution in [0.3, 0.4) is 0 Å². The molecule has 0 saturated carbocycles. The molecule has 0 amide bonds. The molecule has 2 atom stereocenters. The van der Waals surface area contributed by atoms with Gasteiger partial charge in [-0.15, -0.1) is 0 Å². The zero-order chi connectivity index (χ0) is 28.4. The lowest BCUT2D eigenvalue weighted by atomic mass is 10.0. The van der Waals surface area contributed by atoms with Gasteiger partial charge in [-0.05, 0) is 61.1 Å². The van der Waals surface area contributed by atoms with Gasteiger partial charge in [-0.2, -0.15) is 0 Å². The molecule has 2 aromatic carbocycles. The largest absolute Gasteiger partial charge is 0.493 e. The SMILES string of the molecule is CCCOc1c(OCCCBr)cc([C@H]2CC[C@H](c3cc(OC)c(OC)c(OC)c3)O2)cc1S(=O)(=O)CCC=O. The lowest BCUT2D eigenvalue weighted by Crippen LogP contribution is -2.13. The minimum Gasteiger partial charge on any atom is -0.493 e. The van der Waals surface area contributed by atoms with E-state index in [1.54, 1.807) is 33.5 Å². The van der Waals surface area contributed by atoms with Crippen LogP contribution in [0.1, 0.15) is 62.4 Å². The maximum atomic E-state index is 13.3. The Morgan fingerprint density at radius 1 is 0.897 bits per heavy atom. The van der Waals surface area contributed by atoms with Crippen LogP contribution in [0, 0.1) is 0 Å². The van der Waals surface area contributed by atoms with Gasteiger partial charge in [0.05, 0.1) is 52.5 Å². The summed E-state index contributed by atoms with van der Waals surface area (Å²) >= 11 is 3.40. The highest BCUT2D eigenvalue weighted by Crippen LogP contribution is 2.48. The van der Waals surface area contributed by atoms with Gasteiger partial charge in [0.1, 0.15) is 11.2 Å². The molecule has 0 unspecified atom stereocenters. The summed E-state index contributed by atoms with van der Waals surface area (Å²) in [4.78, 5) is 11.0. The third-order valence-electron chi connectivity index (χ3n) is 6.32. The summed E-state index contributed by atoms with van der Waals surface area (Å²) in [6.07, 6.45) is 2.62. The van der Waals surface area contributed by atoms with Crippen molar-refractivity contribution in [3.63, 3.8) is 0 Å². The number of alkyl halides is 1. The Balaban J connectivity index is 2.02. The van der Waals surface area contributed by atoms with Crippen LogP contribution in [-0.2, 0) is 19.4 Å². The monoisotopic (exact) mass is 628 g/mol. The molecule has 0 bridgehead atoms. The summed E-state index contributed by atoms with van der Waals surface area (Å²) in [5, 5.41) is 0.741. The normalized spacial score (nSPS) is 17.1. The minimum atomic E-state index is -3.83. The zero-order valence-corrected chi connectivity index (χ0v) is 25.3. The van der Waals surface area contributed by atoms with Gasteiger partial charge >= 0.3 is 0 Å². The van der Waals surface area contributed by atoms with Gasteiger partial charge in [-0.1, -0.05) is 22.9 Å². The molecule has 1 fully saturated rings. The first-order valence-electron chi connectivity index (χ1n) is 12.9. The zero-order valence-electron chi connectivity index (χ0n) is 22.9. The molecule has 1 aliphatic rings. The number of aldehydes is 1. The quantitative estimate of drug-likeness (QED) is 0.133. The Hall–Kier alpha value is -2.50. The number of carbonyl (C=O) groups excluding carboxylic acids is 1. The third kappa shape index (κ3) is 7.58. The molecule has 0 spiro atoms. The summed E-state index contributed by atoms with van der Waals surface area (Å²) in [5.41, 5.74) is 1.54. The van der Waals surface area contributed by atoms with Crippen molar-refractivity contribution in [2.45, 2.75) is 56.1 Å². The predicted octanol–water partition coefficient (Wildman–Crippen LogP) is 5.62. The molecule has 11 heteroatoms. The summed E-state index contributed by atoms with van der Waals surface area (Å²) < 4.78 is 61.5. The van der Waals surface area contributed by atoms with E-state index in [0.717, 1.165) is 17.3 Å². The number of hydrogen-bond acceptors (Lipinski definition) is 9. The molecule has 0 N–H and O–H groups in total. The van der Waals surface area contributed by atoms with Gasteiger partial charge in [0, 0.05) is 11.8 Å². The number of rotatable bonds is 16. The standard InChI is InChI=1S/C28H37BrO9S/c1-5-12-37-28-25(36-13-6-10-29)17-20(18-26(28)39(31,32)14-7-11-30)22-9-8-21(38-22)19-15-23(33-2)27(35-4)24(16-19)34-3/h11,15-18,21-22H,5-10,12-14H2,1-4H3/t21-,22-/m1/s1. The molecule has 1 aliphatic heterocycles. The molecule has 0 radical (unpaired) electrons. The highest BCUT2D eigenvalue weighted by Gasteiger charge is 2.33. The Morgan fingerprint density at radius 3 is 2.05 bits per heavy atom. The van der Waals surface area contributed by atoms with Crippen LogP contribution < -0.4 is 23.7 Å². The summed E-state index contributed by atoms with van der Waals surface area (Å²) in [7, 11) is 0.843. The maximum Gasteiger partial charge on any atom is 0.203 e. The fraction of sp³-hybridized carbons (Fsp3) is 0.536. The predicted molar refractivity (Wildman–Crippen MR) is 151 cm³/mol. The number of sulfone groups is 1. The van der Waals surface area contributed by atoms with E-state index in [4.69, 9.17) is 28.4 Å². The smallest absolute Gasteiger partial charge is 0.203 e. The van der Waals surface area contributed by atoms with Gasteiger partial charge < -0.3 is 33.2 Å². The molecule has 0 aromatic heterocycles. The Kier molecular flexibility index (Phi) is 11.7. The number of hydrogen-bond donors (Lipinski definition) is 0. The van der Waals surface area contributed by atoms with Crippen molar-refractivity contribution < 1.29 is 41.6 Å². The number of ether oxygens (including phenoxy) is 6.